The van der Waals surface area contributed by atoms with Gasteiger partial charge in [-0.2, -0.15) is 0 Å². The number of carbonyl (C=O) groups excluding carboxylic acids is 1. The van der Waals surface area contributed by atoms with Crippen molar-refractivity contribution in [2.24, 2.45) is 17.6 Å². The average molecular weight is 211 g/mol. The number of nitrogens with two attached hydrogens (primary N) is 1. The molecule has 0 aliphatic carbocycles. The summed E-state index contributed by atoms with van der Waals surface area (Å²) in [5, 5.41) is 3.15. The van der Waals surface area contributed by atoms with Crippen LogP contribution in [0.4, 0.5) is 0 Å². The highest BCUT2D eigenvalue weighted by molar-refractivity contribution is 5.80. The number of nitrogens with zero attached hydrogens (tertiary/aromatic N) is 1. The third kappa shape index (κ3) is 2.01. The van der Waals surface area contributed by atoms with Gasteiger partial charge in [0.25, 0.3) is 0 Å². The Balaban J connectivity index is 2.01. The quantitative estimate of drug-likeness (QED) is 0.664. The lowest BCUT2D eigenvalue weighted by Gasteiger charge is -2.42. The molecule has 2 saturated heterocycles. The van der Waals surface area contributed by atoms with Crippen LogP contribution in [0.3, 0.4) is 0 Å². The second kappa shape index (κ2) is 4.49. The van der Waals surface area contributed by atoms with Crippen LogP contribution in [0.2, 0.25) is 0 Å². The first-order valence-corrected chi connectivity index (χ1v) is 5.95. The van der Waals surface area contributed by atoms with E-state index in [1.54, 1.807) is 0 Å². The second-order valence-electron chi connectivity index (χ2n) is 4.81. The molecule has 4 heteroatoms. The molecule has 0 aromatic rings. The number of carbonyl (C=O) groups is 1. The number of hydrogen-bond acceptors (Lipinski definition) is 3. The average Bonchev–Trinajstić information content (AvgIpc) is 2.14. The molecule has 2 unspecified atom stereocenters. The zero-order chi connectivity index (χ0) is 10.8. The fraction of sp³-hybridized carbons (Fsp3) is 0.909. The molecule has 15 heavy (non-hydrogen) atoms. The zero-order valence-corrected chi connectivity index (χ0v) is 9.41. The first-order valence-electron chi connectivity index (χ1n) is 5.95. The number of likely N-dealkylation sites (tertiary alicyclic amines) is 1. The number of hydrogen-bond donors (Lipinski definition) is 2. The minimum absolute atomic E-state index is 0.212. The normalized spacial score (nSPS) is 32.5. The zero-order valence-electron chi connectivity index (χ0n) is 9.41. The first-order chi connectivity index (χ1) is 7.24. The van der Waals surface area contributed by atoms with Crippen LogP contribution in [0.25, 0.3) is 0 Å². The Hall–Kier alpha value is -0.610. The van der Waals surface area contributed by atoms with Gasteiger partial charge in [-0.1, -0.05) is 6.92 Å². The Morgan fingerprint density at radius 3 is 2.80 bits per heavy atom. The van der Waals surface area contributed by atoms with E-state index in [0.717, 1.165) is 26.1 Å². The SMILES string of the molecule is CC1CCCN(C(=O)C2CNC2)C1CN. The van der Waals surface area contributed by atoms with Crippen molar-refractivity contribution in [2.45, 2.75) is 25.8 Å². The Labute approximate surface area is 91.2 Å². The molecule has 2 aliphatic rings. The molecule has 2 fully saturated rings. The van der Waals surface area contributed by atoms with Gasteiger partial charge in [0, 0.05) is 32.2 Å². The molecule has 4 nitrogen and oxygen atoms in total. The lowest BCUT2D eigenvalue weighted by Crippen LogP contribution is -2.58. The van der Waals surface area contributed by atoms with E-state index >= 15 is 0 Å². The van der Waals surface area contributed by atoms with Gasteiger partial charge in [0.2, 0.25) is 5.91 Å². The highest BCUT2D eigenvalue weighted by Gasteiger charge is 2.36. The second-order valence-corrected chi connectivity index (χ2v) is 4.81. The van der Waals surface area contributed by atoms with Gasteiger partial charge in [-0.3, -0.25) is 4.79 Å². The van der Waals surface area contributed by atoms with Crippen LogP contribution in [0.1, 0.15) is 19.8 Å². The van der Waals surface area contributed by atoms with Crippen LogP contribution in [0.15, 0.2) is 0 Å². The van der Waals surface area contributed by atoms with E-state index in [2.05, 4.69) is 12.2 Å². The standard InChI is InChI=1S/C11H21N3O/c1-8-3-2-4-14(10(8)5-12)11(15)9-6-13-7-9/h8-10,13H,2-7,12H2,1H3. The van der Waals surface area contributed by atoms with Crippen LogP contribution in [0, 0.1) is 11.8 Å². The smallest absolute Gasteiger partial charge is 0.228 e. The van der Waals surface area contributed by atoms with Crippen LogP contribution < -0.4 is 11.1 Å². The third-order valence-electron chi connectivity index (χ3n) is 3.77. The summed E-state index contributed by atoms with van der Waals surface area (Å²) in [5.74, 6) is 1.08. The Morgan fingerprint density at radius 1 is 1.53 bits per heavy atom. The molecular formula is C11H21N3O. The molecule has 2 rings (SSSR count). The number of nitrogens with one attached hydrogen (secondary N) is 1. The predicted molar refractivity (Wildman–Crippen MR) is 59.3 cm³/mol. The Morgan fingerprint density at radius 2 is 2.27 bits per heavy atom. The molecule has 0 bridgehead atoms. The van der Waals surface area contributed by atoms with Gasteiger partial charge in [-0.25, -0.2) is 0 Å². The maximum atomic E-state index is 12.1. The fourth-order valence-corrected chi connectivity index (χ4v) is 2.58. The molecule has 0 aromatic carbocycles. The summed E-state index contributed by atoms with van der Waals surface area (Å²) in [6.07, 6.45) is 2.33. The van der Waals surface area contributed by atoms with Gasteiger partial charge in [0.15, 0.2) is 0 Å². The topological polar surface area (TPSA) is 58.4 Å². The summed E-state index contributed by atoms with van der Waals surface area (Å²) in [4.78, 5) is 14.2. The summed E-state index contributed by atoms with van der Waals surface area (Å²) in [6, 6.07) is 0.270. The minimum Gasteiger partial charge on any atom is -0.338 e. The van der Waals surface area contributed by atoms with E-state index in [1.807, 2.05) is 4.90 Å². The lowest BCUT2D eigenvalue weighted by atomic mass is 9.89. The van der Waals surface area contributed by atoms with E-state index in [4.69, 9.17) is 5.73 Å². The van der Waals surface area contributed by atoms with E-state index in [1.165, 1.54) is 6.42 Å². The monoisotopic (exact) mass is 211 g/mol. The van der Waals surface area contributed by atoms with Crippen molar-refractivity contribution in [3.63, 3.8) is 0 Å². The highest BCUT2D eigenvalue weighted by Crippen LogP contribution is 2.24. The molecule has 1 amide bonds. The van der Waals surface area contributed by atoms with E-state index in [-0.39, 0.29) is 12.0 Å². The molecule has 3 N–H and O–H groups in total. The van der Waals surface area contributed by atoms with Crippen molar-refractivity contribution in [3.05, 3.63) is 0 Å². The molecule has 0 aromatic heterocycles. The summed E-state index contributed by atoms with van der Waals surface area (Å²) in [5.41, 5.74) is 5.77. The maximum absolute atomic E-state index is 12.1. The molecule has 0 saturated carbocycles. The van der Waals surface area contributed by atoms with Gasteiger partial charge in [-0.15, -0.1) is 0 Å². The van der Waals surface area contributed by atoms with Gasteiger partial charge in [0.05, 0.1) is 5.92 Å². The van der Waals surface area contributed by atoms with E-state index in [9.17, 15) is 4.79 Å². The van der Waals surface area contributed by atoms with Crippen molar-refractivity contribution < 1.29 is 4.79 Å². The minimum atomic E-state index is 0.212. The number of piperidine rings is 1. The van der Waals surface area contributed by atoms with Crippen molar-refractivity contribution in [2.75, 3.05) is 26.2 Å². The van der Waals surface area contributed by atoms with Crippen LogP contribution >= 0.6 is 0 Å². The number of amides is 1. The largest absolute Gasteiger partial charge is 0.338 e. The van der Waals surface area contributed by atoms with Crippen LogP contribution in [-0.2, 0) is 4.79 Å². The number of rotatable bonds is 2. The molecule has 86 valence electrons. The van der Waals surface area contributed by atoms with Crippen LogP contribution in [-0.4, -0.2) is 43.0 Å². The predicted octanol–water partition coefficient (Wildman–Crippen LogP) is -0.208. The Bertz CT molecular complexity index is 240. The molecule has 2 aliphatic heterocycles. The molecule has 2 atom stereocenters. The molecule has 0 radical (unpaired) electrons. The van der Waals surface area contributed by atoms with Gasteiger partial charge >= 0.3 is 0 Å². The van der Waals surface area contributed by atoms with E-state index < -0.39 is 0 Å². The molecule has 0 spiro atoms. The molecular weight excluding hydrogens is 190 g/mol. The van der Waals surface area contributed by atoms with Gasteiger partial charge in [-0.05, 0) is 18.8 Å². The van der Waals surface area contributed by atoms with Crippen LogP contribution in [0.5, 0.6) is 0 Å². The van der Waals surface area contributed by atoms with Gasteiger partial charge in [0.1, 0.15) is 0 Å². The van der Waals surface area contributed by atoms with Crippen molar-refractivity contribution in [1.82, 2.24) is 10.2 Å². The Kier molecular flexibility index (Phi) is 3.26. The first kappa shape index (κ1) is 10.9. The third-order valence-corrected chi connectivity index (χ3v) is 3.77. The molecule has 2 heterocycles. The summed E-state index contributed by atoms with van der Waals surface area (Å²) in [7, 11) is 0. The summed E-state index contributed by atoms with van der Waals surface area (Å²) in [6.45, 7) is 5.41. The van der Waals surface area contributed by atoms with Gasteiger partial charge < -0.3 is 16.0 Å². The highest BCUT2D eigenvalue weighted by atomic mass is 16.2. The van der Waals surface area contributed by atoms with Crippen molar-refractivity contribution >= 4 is 5.91 Å². The van der Waals surface area contributed by atoms with E-state index in [0.29, 0.717) is 18.4 Å². The summed E-state index contributed by atoms with van der Waals surface area (Å²) < 4.78 is 0. The fourth-order valence-electron chi connectivity index (χ4n) is 2.58. The maximum Gasteiger partial charge on any atom is 0.228 e. The lowest BCUT2D eigenvalue weighted by molar-refractivity contribution is -0.142. The van der Waals surface area contributed by atoms with Crippen molar-refractivity contribution in [3.8, 4) is 0 Å². The van der Waals surface area contributed by atoms with Crippen molar-refractivity contribution in [1.29, 1.82) is 0 Å². The summed E-state index contributed by atoms with van der Waals surface area (Å²) >= 11 is 0.